The van der Waals surface area contributed by atoms with Crippen LogP contribution in [0.3, 0.4) is 0 Å². The molecule has 1 aromatic heterocycles. The van der Waals surface area contributed by atoms with Crippen LogP contribution in [0, 0.1) is 6.92 Å². The molecule has 12 heteroatoms. The number of nitrogens with one attached hydrogen (secondary N) is 1. The van der Waals surface area contributed by atoms with Gasteiger partial charge in [-0.3, -0.25) is 0 Å². The lowest BCUT2D eigenvalue weighted by Gasteiger charge is -2.36. The number of nitrogens with zero attached hydrogens (tertiary/aromatic N) is 1. The van der Waals surface area contributed by atoms with Crippen LogP contribution in [0.4, 0.5) is 18.9 Å². The van der Waals surface area contributed by atoms with Gasteiger partial charge in [-0.15, -0.1) is 0 Å². The molecule has 0 fully saturated rings. The number of anilines is 1. The Morgan fingerprint density at radius 1 is 1.15 bits per heavy atom. The molecular weight excluding hydrogens is 500 g/mol. The molecule has 7 nitrogen and oxygen atoms in total. The van der Waals surface area contributed by atoms with Crippen molar-refractivity contribution >= 4 is 45.6 Å². The van der Waals surface area contributed by atoms with Gasteiger partial charge in [0.05, 0.1) is 16.8 Å². The molecule has 1 unspecified atom stereocenters. The van der Waals surface area contributed by atoms with Crippen molar-refractivity contribution in [3.05, 3.63) is 68.1 Å². The van der Waals surface area contributed by atoms with Gasteiger partial charge < -0.3 is 14.5 Å². The zero-order chi connectivity index (χ0) is 25.5. The van der Waals surface area contributed by atoms with E-state index in [2.05, 4.69) is 20.0 Å². The van der Waals surface area contributed by atoms with Gasteiger partial charge in [-0.05, 0) is 54.3 Å². The number of hydrogen-bond donors (Lipinski definition) is 2. The van der Waals surface area contributed by atoms with Crippen LogP contribution in [0.2, 0.25) is 10.0 Å². The monoisotopic (exact) mass is 518 g/mol. The van der Waals surface area contributed by atoms with E-state index in [1.165, 1.54) is 50.2 Å². The van der Waals surface area contributed by atoms with Crippen LogP contribution in [0.1, 0.15) is 31.5 Å². The molecular formula is C22H19Cl2F3N2O5. The van der Waals surface area contributed by atoms with E-state index in [0.717, 1.165) is 0 Å². The molecule has 3 rings (SSSR count). The molecule has 0 spiro atoms. The maximum atomic E-state index is 13.9. The minimum atomic E-state index is -5.38. The fourth-order valence-electron chi connectivity index (χ4n) is 3.52. The molecule has 0 aliphatic rings. The molecule has 2 N–H and O–H groups in total. The van der Waals surface area contributed by atoms with Crippen molar-refractivity contribution in [1.29, 1.82) is 0 Å². The molecule has 0 aliphatic heterocycles. The van der Waals surface area contributed by atoms with Crippen LogP contribution < -0.4 is 11.1 Å². The van der Waals surface area contributed by atoms with Crippen molar-refractivity contribution < 1.29 is 32.4 Å². The highest BCUT2D eigenvalue weighted by molar-refractivity contribution is 6.33. The van der Waals surface area contributed by atoms with Crippen molar-refractivity contribution in [3.8, 4) is 0 Å². The standard InChI is InChI=1S/C22H19Cl2F3N2O5/c1-11-15-9-13(5-6-14(15)18(30)33-28-11)29-34-19(31)21(32,22(25,26)27)10-20(2,3)16-8-12(23)4-7-17(16)24/h4-9,29,32H,10H2,1-3H3. The predicted molar refractivity (Wildman–Crippen MR) is 120 cm³/mol. The van der Waals surface area contributed by atoms with E-state index in [4.69, 9.17) is 23.2 Å². The summed E-state index contributed by atoms with van der Waals surface area (Å²) in [6, 6.07) is 8.18. The molecule has 3 aromatic rings. The Hall–Kier alpha value is -2.82. The second-order valence-electron chi connectivity index (χ2n) is 8.35. The van der Waals surface area contributed by atoms with Crippen LogP contribution in [-0.2, 0) is 15.0 Å². The number of aliphatic hydroxyl groups is 1. The third-order valence-corrected chi connectivity index (χ3v) is 5.88. The Bertz CT molecular complexity index is 1310. The Kier molecular flexibility index (Phi) is 6.89. The first kappa shape index (κ1) is 25.8. The molecule has 0 amide bonds. The first-order valence-electron chi connectivity index (χ1n) is 9.78. The summed E-state index contributed by atoms with van der Waals surface area (Å²) in [5.41, 5.74) is -3.36. The summed E-state index contributed by atoms with van der Waals surface area (Å²) in [7, 11) is 0. The van der Waals surface area contributed by atoms with Crippen molar-refractivity contribution in [2.24, 2.45) is 0 Å². The molecule has 0 aliphatic carbocycles. The molecule has 1 atom stereocenters. The maximum absolute atomic E-state index is 13.9. The minimum Gasteiger partial charge on any atom is -0.371 e. The number of rotatable bonds is 6. The molecule has 2 aromatic carbocycles. The topological polar surface area (TPSA) is 102 Å². The Labute approximate surface area is 201 Å². The Morgan fingerprint density at radius 3 is 2.47 bits per heavy atom. The Morgan fingerprint density at radius 2 is 1.82 bits per heavy atom. The SMILES string of the molecule is Cc1noc(=O)c2ccc(NOC(=O)C(O)(CC(C)(C)c3cc(Cl)ccc3Cl)C(F)(F)F)cc12. The summed E-state index contributed by atoms with van der Waals surface area (Å²) >= 11 is 12.1. The second kappa shape index (κ2) is 9.09. The number of hydrogen-bond acceptors (Lipinski definition) is 7. The fraction of sp³-hybridized carbons (Fsp3) is 0.318. The quantitative estimate of drug-likeness (QED) is 0.425. The van der Waals surface area contributed by atoms with Crippen molar-refractivity contribution in [1.82, 2.24) is 5.16 Å². The van der Waals surface area contributed by atoms with Gasteiger partial charge in [0.25, 0.3) is 5.60 Å². The smallest absolute Gasteiger partial charge is 0.371 e. The summed E-state index contributed by atoms with van der Waals surface area (Å²) in [5, 5.41) is 14.9. The molecule has 1 heterocycles. The van der Waals surface area contributed by atoms with Crippen LogP contribution >= 0.6 is 23.2 Å². The third-order valence-electron chi connectivity index (χ3n) is 5.32. The highest BCUT2D eigenvalue weighted by atomic mass is 35.5. The van der Waals surface area contributed by atoms with Gasteiger partial charge in [0, 0.05) is 21.9 Å². The van der Waals surface area contributed by atoms with Crippen molar-refractivity contribution in [2.45, 2.75) is 44.4 Å². The lowest BCUT2D eigenvalue weighted by Crippen LogP contribution is -2.56. The Balaban J connectivity index is 1.88. The van der Waals surface area contributed by atoms with Crippen LogP contribution in [0.15, 0.2) is 45.7 Å². The number of carbonyl (C=O) groups is 1. The van der Waals surface area contributed by atoms with Crippen molar-refractivity contribution in [3.63, 3.8) is 0 Å². The van der Waals surface area contributed by atoms with Gasteiger partial charge in [-0.2, -0.15) is 13.2 Å². The minimum absolute atomic E-state index is 0.0398. The maximum Gasteiger partial charge on any atom is 0.428 e. The van der Waals surface area contributed by atoms with E-state index >= 15 is 0 Å². The van der Waals surface area contributed by atoms with Crippen LogP contribution in [0.5, 0.6) is 0 Å². The predicted octanol–water partition coefficient (Wildman–Crippen LogP) is 5.33. The summed E-state index contributed by atoms with van der Waals surface area (Å²) in [6.07, 6.45) is -6.48. The van der Waals surface area contributed by atoms with Gasteiger partial charge >= 0.3 is 17.8 Å². The molecule has 0 radical (unpaired) electrons. The van der Waals surface area contributed by atoms with Crippen LogP contribution in [0.25, 0.3) is 10.8 Å². The largest absolute Gasteiger partial charge is 0.428 e. The number of halogens is 5. The number of aromatic nitrogens is 1. The first-order valence-corrected chi connectivity index (χ1v) is 10.5. The van der Waals surface area contributed by atoms with E-state index in [9.17, 15) is 27.9 Å². The van der Waals surface area contributed by atoms with E-state index in [1.54, 1.807) is 6.92 Å². The second-order valence-corrected chi connectivity index (χ2v) is 9.19. The summed E-state index contributed by atoms with van der Waals surface area (Å²) in [4.78, 5) is 28.9. The number of aryl methyl sites for hydroxylation is 1. The van der Waals surface area contributed by atoms with Gasteiger partial charge in [0.15, 0.2) is 0 Å². The number of alkyl halides is 3. The average Bonchev–Trinajstić information content (AvgIpc) is 2.75. The van der Waals surface area contributed by atoms with Crippen LogP contribution in [-0.4, -0.2) is 28.0 Å². The fourth-order valence-corrected chi connectivity index (χ4v) is 4.07. The number of benzene rings is 2. The molecule has 0 saturated heterocycles. The van der Waals surface area contributed by atoms with Gasteiger partial charge in [-0.1, -0.05) is 42.2 Å². The average molecular weight is 519 g/mol. The lowest BCUT2D eigenvalue weighted by atomic mass is 9.75. The molecule has 0 bridgehead atoms. The first-order chi connectivity index (χ1) is 15.7. The number of carbonyl (C=O) groups excluding carboxylic acids is 1. The van der Waals surface area contributed by atoms with E-state index < -0.39 is 35.2 Å². The summed E-state index contributed by atoms with van der Waals surface area (Å²) in [5.74, 6) is -1.98. The highest BCUT2D eigenvalue weighted by Gasteiger charge is 2.63. The molecule has 182 valence electrons. The van der Waals surface area contributed by atoms with E-state index in [1.807, 2.05) is 0 Å². The zero-order valence-corrected chi connectivity index (χ0v) is 19.6. The van der Waals surface area contributed by atoms with Gasteiger partial charge in [0.2, 0.25) is 0 Å². The van der Waals surface area contributed by atoms with Gasteiger partial charge in [-0.25, -0.2) is 15.1 Å². The van der Waals surface area contributed by atoms with Crippen molar-refractivity contribution in [2.75, 3.05) is 5.48 Å². The van der Waals surface area contributed by atoms with E-state index in [0.29, 0.717) is 11.1 Å². The molecule has 34 heavy (non-hydrogen) atoms. The highest BCUT2D eigenvalue weighted by Crippen LogP contribution is 2.44. The third kappa shape index (κ3) is 4.98. The lowest BCUT2D eigenvalue weighted by molar-refractivity contribution is -0.266. The number of fused-ring (bicyclic) bond motifs is 1. The summed E-state index contributed by atoms with van der Waals surface area (Å²) < 4.78 is 46.4. The van der Waals surface area contributed by atoms with Gasteiger partial charge in [0.1, 0.15) is 0 Å². The van der Waals surface area contributed by atoms with E-state index in [-0.39, 0.29) is 26.7 Å². The summed E-state index contributed by atoms with van der Waals surface area (Å²) in [6.45, 7) is 4.31. The zero-order valence-electron chi connectivity index (χ0n) is 18.1. The normalized spacial score (nSPS) is 14.0. The molecule has 0 saturated carbocycles.